The summed E-state index contributed by atoms with van der Waals surface area (Å²) in [4.78, 5) is 4.09. The number of aromatic nitrogens is 2. The molecule has 0 aliphatic heterocycles. The SMILES string of the molecule is CCOCC(N)c1noc(-c2ccc(Br)cc2F)n1. The minimum atomic E-state index is -0.490. The molecule has 1 heterocycles. The van der Waals surface area contributed by atoms with Gasteiger partial charge in [0.05, 0.1) is 18.2 Å². The molecule has 0 amide bonds. The molecule has 19 heavy (non-hydrogen) atoms. The van der Waals surface area contributed by atoms with Crippen LogP contribution in [0.5, 0.6) is 0 Å². The average Bonchev–Trinajstić information content (AvgIpc) is 2.85. The molecule has 102 valence electrons. The smallest absolute Gasteiger partial charge is 0.260 e. The lowest BCUT2D eigenvalue weighted by atomic mass is 10.2. The van der Waals surface area contributed by atoms with Crippen LogP contribution in [0.1, 0.15) is 18.8 Å². The fourth-order valence-corrected chi connectivity index (χ4v) is 1.81. The Morgan fingerprint density at radius 3 is 3.00 bits per heavy atom. The Bertz CT molecular complexity index is 562. The molecule has 0 fully saturated rings. The summed E-state index contributed by atoms with van der Waals surface area (Å²) in [5, 5.41) is 3.74. The number of ether oxygens (including phenoxy) is 1. The van der Waals surface area contributed by atoms with Crippen molar-refractivity contribution in [3.05, 3.63) is 34.3 Å². The quantitative estimate of drug-likeness (QED) is 0.912. The van der Waals surface area contributed by atoms with E-state index >= 15 is 0 Å². The molecule has 2 aromatic rings. The highest BCUT2D eigenvalue weighted by molar-refractivity contribution is 9.10. The van der Waals surface area contributed by atoms with E-state index < -0.39 is 11.9 Å². The highest BCUT2D eigenvalue weighted by Gasteiger charge is 2.17. The summed E-state index contributed by atoms with van der Waals surface area (Å²) in [5.41, 5.74) is 6.06. The Balaban J connectivity index is 2.20. The highest BCUT2D eigenvalue weighted by Crippen LogP contribution is 2.24. The van der Waals surface area contributed by atoms with E-state index in [9.17, 15) is 4.39 Å². The van der Waals surface area contributed by atoms with Crippen LogP contribution in [0, 0.1) is 5.82 Å². The van der Waals surface area contributed by atoms with E-state index in [4.69, 9.17) is 15.0 Å². The van der Waals surface area contributed by atoms with Gasteiger partial charge in [-0.2, -0.15) is 4.98 Å². The molecule has 0 saturated carbocycles. The van der Waals surface area contributed by atoms with Gasteiger partial charge < -0.3 is 15.0 Å². The van der Waals surface area contributed by atoms with E-state index in [2.05, 4.69) is 26.1 Å². The van der Waals surface area contributed by atoms with Crippen molar-refractivity contribution in [1.29, 1.82) is 0 Å². The predicted octanol–water partition coefficient (Wildman–Crippen LogP) is 2.67. The van der Waals surface area contributed by atoms with Crippen LogP contribution in [0.4, 0.5) is 4.39 Å². The van der Waals surface area contributed by atoms with Crippen LogP contribution >= 0.6 is 15.9 Å². The minimum absolute atomic E-state index is 0.104. The maximum absolute atomic E-state index is 13.7. The first-order valence-corrected chi connectivity index (χ1v) is 6.53. The summed E-state index contributed by atoms with van der Waals surface area (Å²) in [7, 11) is 0. The highest BCUT2D eigenvalue weighted by atomic mass is 79.9. The van der Waals surface area contributed by atoms with Crippen LogP contribution in [0.25, 0.3) is 11.5 Å². The van der Waals surface area contributed by atoms with Gasteiger partial charge in [0, 0.05) is 11.1 Å². The Morgan fingerprint density at radius 2 is 2.32 bits per heavy atom. The Hall–Kier alpha value is -1.31. The average molecular weight is 330 g/mol. The molecule has 2 N–H and O–H groups in total. The first kappa shape index (κ1) is 14.1. The maximum atomic E-state index is 13.7. The van der Waals surface area contributed by atoms with Crippen LogP contribution in [0.2, 0.25) is 0 Å². The zero-order valence-electron chi connectivity index (χ0n) is 10.3. The summed E-state index contributed by atoms with van der Waals surface area (Å²) in [5.74, 6) is -0.0410. The van der Waals surface area contributed by atoms with E-state index in [1.54, 1.807) is 12.1 Å². The van der Waals surface area contributed by atoms with Crippen molar-refractivity contribution in [2.75, 3.05) is 13.2 Å². The lowest BCUT2D eigenvalue weighted by molar-refractivity contribution is 0.130. The number of rotatable bonds is 5. The van der Waals surface area contributed by atoms with Crippen LogP contribution in [0.15, 0.2) is 27.2 Å². The van der Waals surface area contributed by atoms with Crippen molar-refractivity contribution in [1.82, 2.24) is 10.1 Å². The number of hydrogen-bond acceptors (Lipinski definition) is 5. The summed E-state index contributed by atoms with van der Waals surface area (Å²) in [6.45, 7) is 2.71. The summed E-state index contributed by atoms with van der Waals surface area (Å²) < 4.78 is 24.6. The monoisotopic (exact) mass is 329 g/mol. The van der Waals surface area contributed by atoms with Gasteiger partial charge in [-0.15, -0.1) is 0 Å². The summed E-state index contributed by atoms with van der Waals surface area (Å²) >= 11 is 3.18. The molecular weight excluding hydrogens is 317 g/mol. The van der Waals surface area contributed by atoms with E-state index in [1.807, 2.05) is 6.92 Å². The van der Waals surface area contributed by atoms with E-state index in [-0.39, 0.29) is 18.1 Å². The molecule has 0 aliphatic rings. The molecule has 0 aliphatic carbocycles. The third kappa shape index (κ3) is 3.37. The second-order valence-corrected chi connectivity index (χ2v) is 4.76. The lowest BCUT2D eigenvalue weighted by Gasteiger charge is -2.05. The molecule has 1 aromatic carbocycles. The molecule has 1 aromatic heterocycles. The number of hydrogen-bond donors (Lipinski definition) is 1. The molecule has 5 nitrogen and oxygen atoms in total. The van der Waals surface area contributed by atoms with Crippen molar-refractivity contribution in [2.24, 2.45) is 5.73 Å². The molecule has 7 heteroatoms. The zero-order valence-corrected chi connectivity index (χ0v) is 11.9. The number of nitrogens with two attached hydrogens (primary N) is 1. The van der Waals surface area contributed by atoms with Gasteiger partial charge in [-0.1, -0.05) is 21.1 Å². The Kier molecular flexibility index (Phi) is 4.62. The minimum Gasteiger partial charge on any atom is -0.380 e. The van der Waals surface area contributed by atoms with Crippen molar-refractivity contribution >= 4 is 15.9 Å². The number of halogens is 2. The van der Waals surface area contributed by atoms with Gasteiger partial charge in [-0.3, -0.25) is 0 Å². The van der Waals surface area contributed by atoms with Crippen LogP contribution < -0.4 is 5.73 Å². The standard InChI is InChI=1S/C12H13BrFN3O2/c1-2-18-6-10(15)11-16-12(19-17-11)8-4-3-7(13)5-9(8)14/h3-5,10H,2,6,15H2,1H3. The van der Waals surface area contributed by atoms with Gasteiger partial charge in [0.15, 0.2) is 5.82 Å². The number of benzene rings is 1. The van der Waals surface area contributed by atoms with E-state index in [1.165, 1.54) is 6.07 Å². The zero-order chi connectivity index (χ0) is 13.8. The predicted molar refractivity (Wildman–Crippen MR) is 70.8 cm³/mol. The topological polar surface area (TPSA) is 74.2 Å². The number of nitrogens with zero attached hydrogens (tertiary/aromatic N) is 2. The van der Waals surface area contributed by atoms with E-state index in [0.717, 1.165) is 0 Å². The normalized spacial score (nSPS) is 12.6. The van der Waals surface area contributed by atoms with Gasteiger partial charge >= 0.3 is 0 Å². The van der Waals surface area contributed by atoms with Gasteiger partial charge in [-0.25, -0.2) is 4.39 Å². The van der Waals surface area contributed by atoms with Crippen LogP contribution in [-0.4, -0.2) is 23.4 Å². The largest absolute Gasteiger partial charge is 0.380 e. The van der Waals surface area contributed by atoms with Gasteiger partial charge in [-0.05, 0) is 25.1 Å². The molecule has 0 saturated heterocycles. The third-order valence-electron chi connectivity index (χ3n) is 2.44. The van der Waals surface area contributed by atoms with E-state index in [0.29, 0.717) is 16.9 Å². The Morgan fingerprint density at radius 1 is 1.53 bits per heavy atom. The first-order valence-electron chi connectivity index (χ1n) is 5.74. The van der Waals surface area contributed by atoms with Gasteiger partial charge in [0.25, 0.3) is 5.89 Å². The lowest BCUT2D eigenvalue weighted by Crippen LogP contribution is -2.18. The van der Waals surface area contributed by atoms with Crippen molar-refractivity contribution < 1.29 is 13.7 Å². The summed E-state index contributed by atoms with van der Waals surface area (Å²) in [6.07, 6.45) is 0. The second kappa shape index (κ2) is 6.23. The molecule has 1 unspecified atom stereocenters. The van der Waals surface area contributed by atoms with Gasteiger partial charge in [0.1, 0.15) is 5.82 Å². The third-order valence-corrected chi connectivity index (χ3v) is 2.93. The van der Waals surface area contributed by atoms with Crippen LogP contribution in [-0.2, 0) is 4.74 Å². The van der Waals surface area contributed by atoms with Crippen molar-refractivity contribution in [2.45, 2.75) is 13.0 Å². The first-order chi connectivity index (χ1) is 9.11. The molecular formula is C12H13BrFN3O2. The van der Waals surface area contributed by atoms with Crippen LogP contribution in [0.3, 0.4) is 0 Å². The maximum Gasteiger partial charge on any atom is 0.260 e. The molecule has 2 rings (SSSR count). The fourth-order valence-electron chi connectivity index (χ4n) is 1.48. The fraction of sp³-hybridized carbons (Fsp3) is 0.333. The molecule has 0 spiro atoms. The summed E-state index contributed by atoms with van der Waals surface area (Å²) in [6, 6.07) is 4.10. The molecule has 0 radical (unpaired) electrons. The van der Waals surface area contributed by atoms with Crippen molar-refractivity contribution in [3.8, 4) is 11.5 Å². The Labute approximate surface area is 118 Å². The molecule has 1 atom stereocenters. The second-order valence-electron chi connectivity index (χ2n) is 3.85. The molecule has 0 bridgehead atoms. The van der Waals surface area contributed by atoms with Gasteiger partial charge in [0.2, 0.25) is 0 Å². The van der Waals surface area contributed by atoms with Crippen molar-refractivity contribution in [3.63, 3.8) is 0 Å².